The molecule has 8 heteroatoms. The van der Waals surface area contributed by atoms with Gasteiger partial charge in [-0.1, -0.05) is 79.2 Å². The third-order valence-electron chi connectivity index (χ3n) is 8.12. The van der Waals surface area contributed by atoms with Gasteiger partial charge in [-0.25, -0.2) is 9.80 Å². The fourth-order valence-corrected chi connectivity index (χ4v) is 5.59. The second kappa shape index (κ2) is 14.0. The summed E-state index contributed by atoms with van der Waals surface area (Å²) in [5.74, 6) is -0.464. The summed E-state index contributed by atoms with van der Waals surface area (Å²) in [5, 5.41) is 5.91. The molecule has 1 fully saturated rings. The molecule has 3 aromatic carbocycles. The van der Waals surface area contributed by atoms with Crippen LogP contribution in [0.1, 0.15) is 51.2 Å². The summed E-state index contributed by atoms with van der Waals surface area (Å²) >= 11 is 0. The lowest BCUT2D eigenvalue weighted by Crippen LogP contribution is -2.58. The van der Waals surface area contributed by atoms with Crippen LogP contribution in [0.5, 0.6) is 0 Å². The predicted octanol–water partition coefficient (Wildman–Crippen LogP) is 5.55. The third-order valence-corrected chi connectivity index (χ3v) is 8.12. The van der Waals surface area contributed by atoms with Crippen molar-refractivity contribution in [3.05, 3.63) is 83.9 Å². The van der Waals surface area contributed by atoms with Gasteiger partial charge in [-0.3, -0.25) is 19.5 Å². The van der Waals surface area contributed by atoms with Gasteiger partial charge in [0.2, 0.25) is 5.91 Å². The van der Waals surface area contributed by atoms with E-state index in [-0.39, 0.29) is 18.2 Å². The molecule has 0 spiro atoms. The van der Waals surface area contributed by atoms with Crippen molar-refractivity contribution in [2.75, 3.05) is 34.2 Å². The molecular weight excluding hydrogens is 540 g/mol. The standard InChI is InChI=1S/C35H46N4O4/c1-35(2,3)43-34(42)37(5)30(25-27-19-20-28-17-11-12-18-29(28)23-27)32(40)36(4)31(24-26-15-9-7-10-16-26)33(41)38(6)39-21-13-8-14-22-39/h7,9-12,15-20,23,30-31H,8,13-14,21-22,24-25H2,1-6H3/t30-,31-/m1/s1. The quantitative estimate of drug-likeness (QED) is 0.329. The van der Waals surface area contributed by atoms with Gasteiger partial charge in [0.15, 0.2) is 0 Å². The molecule has 0 bridgehead atoms. The number of rotatable bonds is 9. The van der Waals surface area contributed by atoms with E-state index in [0.717, 1.165) is 54.3 Å². The van der Waals surface area contributed by atoms with Crippen LogP contribution in [-0.2, 0) is 27.2 Å². The van der Waals surface area contributed by atoms with Crippen LogP contribution in [0.25, 0.3) is 10.8 Å². The molecule has 0 N–H and O–H groups in total. The van der Waals surface area contributed by atoms with Crippen LogP contribution in [0.3, 0.4) is 0 Å². The average Bonchev–Trinajstić information content (AvgIpc) is 3.00. The number of ether oxygens (including phenoxy) is 1. The normalized spacial score (nSPS) is 15.4. The van der Waals surface area contributed by atoms with Crippen LogP contribution in [-0.4, -0.2) is 89.6 Å². The fraction of sp³-hybridized carbons (Fsp3) is 0.457. The van der Waals surface area contributed by atoms with E-state index in [4.69, 9.17) is 4.74 Å². The Morgan fingerprint density at radius 3 is 1.95 bits per heavy atom. The van der Waals surface area contributed by atoms with Crippen LogP contribution in [0.2, 0.25) is 0 Å². The first-order valence-corrected chi connectivity index (χ1v) is 15.2. The molecule has 1 aliphatic rings. The van der Waals surface area contributed by atoms with Gasteiger partial charge in [0, 0.05) is 47.1 Å². The predicted molar refractivity (Wildman–Crippen MR) is 170 cm³/mol. The zero-order valence-corrected chi connectivity index (χ0v) is 26.5. The van der Waals surface area contributed by atoms with Crippen molar-refractivity contribution in [3.63, 3.8) is 0 Å². The van der Waals surface area contributed by atoms with Crippen molar-refractivity contribution < 1.29 is 19.1 Å². The zero-order chi connectivity index (χ0) is 31.1. The van der Waals surface area contributed by atoms with E-state index in [2.05, 4.69) is 11.1 Å². The molecule has 1 aliphatic heterocycles. The number of carbonyl (C=O) groups excluding carboxylic acids is 3. The second-order valence-corrected chi connectivity index (χ2v) is 12.5. The number of benzene rings is 3. The van der Waals surface area contributed by atoms with E-state index < -0.39 is 23.8 Å². The van der Waals surface area contributed by atoms with Gasteiger partial charge in [0.25, 0.3) is 5.91 Å². The number of fused-ring (bicyclic) bond motifs is 1. The number of hydrazine groups is 1. The Morgan fingerprint density at radius 2 is 1.30 bits per heavy atom. The van der Waals surface area contributed by atoms with Crippen LogP contribution in [0, 0.1) is 0 Å². The van der Waals surface area contributed by atoms with Gasteiger partial charge >= 0.3 is 6.09 Å². The smallest absolute Gasteiger partial charge is 0.410 e. The van der Waals surface area contributed by atoms with Crippen molar-refractivity contribution in [2.24, 2.45) is 0 Å². The molecule has 4 rings (SSSR count). The summed E-state index contributed by atoms with van der Waals surface area (Å²) in [6, 6.07) is 22.2. The third kappa shape index (κ3) is 8.35. The van der Waals surface area contributed by atoms with Gasteiger partial charge < -0.3 is 9.64 Å². The number of piperidine rings is 1. The first-order chi connectivity index (χ1) is 20.4. The van der Waals surface area contributed by atoms with Crippen molar-refractivity contribution in [1.29, 1.82) is 0 Å². The molecule has 0 radical (unpaired) electrons. The lowest BCUT2D eigenvalue weighted by Gasteiger charge is -2.40. The second-order valence-electron chi connectivity index (χ2n) is 12.5. The lowest BCUT2D eigenvalue weighted by atomic mass is 9.98. The molecule has 1 heterocycles. The van der Waals surface area contributed by atoms with E-state index >= 15 is 0 Å². The first-order valence-electron chi connectivity index (χ1n) is 15.2. The number of nitrogens with zero attached hydrogens (tertiary/aromatic N) is 4. The molecule has 8 nitrogen and oxygen atoms in total. The molecule has 0 saturated carbocycles. The van der Waals surface area contributed by atoms with Crippen molar-refractivity contribution in [3.8, 4) is 0 Å². The maximum Gasteiger partial charge on any atom is 0.410 e. The molecule has 3 aromatic rings. The van der Waals surface area contributed by atoms with E-state index in [1.807, 2.05) is 66.7 Å². The summed E-state index contributed by atoms with van der Waals surface area (Å²) in [6.45, 7) is 7.02. The van der Waals surface area contributed by atoms with Crippen LogP contribution in [0.15, 0.2) is 72.8 Å². The van der Waals surface area contributed by atoms with Gasteiger partial charge in [-0.15, -0.1) is 0 Å². The molecule has 3 amide bonds. The molecule has 1 saturated heterocycles. The highest BCUT2D eigenvalue weighted by Gasteiger charge is 2.38. The molecule has 0 aliphatic carbocycles. The minimum Gasteiger partial charge on any atom is -0.444 e. The van der Waals surface area contributed by atoms with Gasteiger partial charge in [0.05, 0.1) is 0 Å². The largest absolute Gasteiger partial charge is 0.444 e. The molecule has 0 unspecified atom stereocenters. The highest BCUT2D eigenvalue weighted by Crippen LogP contribution is 2.22. The first kappa shape index (κ1) is 32.0. The molecule has 43 heavy (non-hydrogen) atoms. The Balaban J connectivity index is 1.67. The number of carbonyl (C=O) groups is 3. The maximum atomic E-state index is 14.4. The Morgan fingerprint density at radius 1 is 0.721 bits per heavy atom. The Kier molecular flexibility index (Phi) is 10.5. The topological polar surface area (TPSA) is 73.4 Å². The summed E-state index contributed by atoms with van der Waals surface area (Å²) in [7, 11) is 5.07. The molecule has 230 valence electrons. The zero-order valence-electron chi connectivity index (χ0n) is 26.5. The fourth-order valence-electron chi connectivity index (χ4n) is 5.59. The Labute approximate surface area is 256 Å². The molecular formula is C35H46N4O4. The maximum absolute atomic E-state index is 14.4. The highest BCUT2D eigenvalue weighted by molar-refractivity contribution is 5.91. The summed E-state index contributed by atoms with van der Waals surface area (Å²) in [5.41, 5.74) is 1.15. The van der Waals surface area contributed by atoms with E-state index in [1.54, 1.807) is 46.9 Å². The minimum atomic E-state index is -0.882. The average molecular weight is 587 g/mol. The SMILES string of the molecule is CN(C(=O)OC(C)(C)C)[C@H](Cc1ccc2ccccc2c1)C(=O)N(C)[C@H](Cc1ccccc1)C(=O)N(C)N1CCCCC1. The lowest BCUT2D eigenvalue weighted by molar-refractivity contribution is -0.157. The van der Waals surface area contributed by atoms with E-state index in [0.29, 0.717) is 6.42 Å². The Hall–Kier alpha value is -3.91. The summed E-state index contributed by atoms with van der Waals surface area (Å²) in [4.78, 5) is 44.7. The van der Waals surface area contributed by atoms with Crippen molar-refractivity contribution in [1.82, 2.24) is 19.8 Å². The van der Waals surface area contributed by atoms with Crippen LogP contribution >= 0.6 is 0 Å². The van der Waals surface area contributed by atoms with Crippen LogP contribution in [0.4, 0.5) is 4.79 Å². The summed E-state index contributed by atoms with van der Waals surface area (Å²) in [6.07, 6.45) is 3.26. The number of hydrogen-bond acceptors (Lipinski definition) is 5. The number of amides is 3. The van der Waals surface area contributed by atoms with Crippen LogP contribution < -0.4 is 0 Å². The van der Waals surface area contributed by atoms with E-state index in [1.165, 1.54) is 9.80 Å². The van der Waals surface area contributed by atoms with Gasteiger partial charge in [-0.05, 0) is 55.5 Å². The van der Waals surface area contributed by atoms with Gasteiger partial charge in [0.1, 0.15) is 17.7 Å². The van der Waals surface area contributed by atoms with Crippen molar-refractivity contribution in [2.45, 2.75) is 70.6 Å². The Bertz CT molecular complexity index is 1400. The highest BCUT2D eigenvalue weighted by atomic mass is 16.6. The number of likely N-dealkylation sites (N-methyl/N-ethyl adjacent to an activating group) is 3. The van der Waals surface area contributed by atoms with E-state index in [9.17, 15) is 14.4 Å². The monoisotopic (exact) mass is 586 g/mol. The molecule has 2 atom stereocenters. The van der Waals surface area contributed by atoms with Crippen molar-refractivity contribution >= 4 is 28.7 Å². The summed E-state index contributed by atoms with van der Waals surface area (Å²) < 4.78 is 5.67. The number of hydrogen-bond donors (Lipinski definition) is 0. The van der Waals surface area contributed by atoms with Gasteiger partial charge in [-0.2, -0.15) is 0 Å². The molecule has 0 aromatic heterocycles. The minimum absolute atomic E-state index is 0.147.